The van der Waals surface area contributed by atoms with E-state index in [0.717, 1.165) is 5.96 Å². The van der Waals surface area contributed by atoms with E-state index in [2.05, 4.69) is 10.3 Å². The summed E-state index contributed by atoms with van der Waals surface area (Å²) in [6.07, 6.45) is 0. The Bertz CT molecular complexity index is 173. The van der Waals surface area contributed by atoms with Crippen LogP contribution in [-0.4, -0.2) is 79.1 Å². The fourth-order valence-electron chi connectivity index (χ4n) is 0.907. The first-order valence-electron chi connectivity index (χ1n) is 4.85. The second kappa shape index (κ2) is 11.5. The summed E-state index contributed by atoms with van der Waals surface area (Å²) in [6.45, 7) is 0. The first-order valence-corrected chi connectivity index (χ1v) is 9.47. The van der Waals surface area contributed by atoms with Crippen LogP contribution in [0.4, 0.5) is 0 Å². The minimum Gasteiger partial charge on any atom is -0.425 e. The Morgan fingerprint density at radius 3 is 1.50 bits per heavy atom. The molecule has 1 N–H and O–H groups in total. The van der Waals surface area contributed by atoms with Crippen molar-refractivity contribution in [3.8, 4) is 0 Å². The molecule has 7 nitrogen and oxygen atoms in total. The normalized spacial score (nSPS) is 23.6. The van der Waals surface area contributed by atoms with E-state index in [-0.39, 0.29) is 0 Å². The van der Waals surface area contributed by atoms with Crippen molar-refractivity contribution in [2.45, 2.75) is 0 Å². The topological polar surface area (TPSA) is 64.6 Å². The molecule has 96 valence electrons. The summed E-state index contributed by atoms with van der Waals surface area (Å²) >= 11 is 0. The zero-order chi connectivity index (χ0) is 12.2. The maximum Gasteiger partial charge on any atom is 0.286 e. The highest BCUT2D eigenvalue weighted by molar-refractivity contribution is 6.50. The summed E-state index contributed by atoms with van der Waals surface area (Å²) in [5, 5.41) is 2.93. The summed E-state index contributed by atoms with van der Waals surface area (Å²) in [5.41, 5.74) is 0. The minimum absolute atomic E-state index is 0.653. The Balaban J connectivity index is 0.000000281. The van der Waals surface area contributed by atoms with Crippen LogP contribution in [0.3, 0.4) is 0 Å². The zero-order valence-corrected chi connectivity index (χ0v) is 16.0. The molecule has 1 aliphatic heterocycles. The molecule has 0 radical (unpaired) electrons. The number of nitrogens with zero attached hydrogens (tertiary/aromatic N) is 2. The van der Waals surface area contributed by atoms with Gasteiger partial charge >= 0.3 is 0 Å². The Morgan fingerprint density at radius 1 is 1.00 bits per heavy atom. The summed E-state index contributed by atoms with van der Waals surface area (Å²) in [5.74, 6) is 0.894. The van der Waals surface area contributed by atoms with Gasteiger partial charge in [-0.3, -0.25) is 4.99 Å². The summed E-state index contributed by atoms with van der Waals surface area (Å²) in [7, 11) is 4.88. The summed E-state index contributed by atoms with van der Waals surface area (Å²) in [6, 6.07) is 0. The fraction of sp³-hybridized carbons (Fsp3) is 0.800. The van der Waals surface area contributed by atoms with Gasteiger partial charge in [-0.2, -0.15) is 0 Å². The van der Waals surface area contributed by atoms with Crippen LogP contribution in [0.25, 0.3) is 0 Å². The van der Waals surface area contributed by atoms with E-state index < -0.39 is 40.0 Å². The highest BCUT2D eigenvalue weighted by atomic mass is 28.4. The van der Waals surface area contributed by atoms with Crippen LogP contribution in [0, 0.1) is 0 Å². The van der Waals surface area contributed by atoms with Crippen molar-refractivity contribution < 1.29 is 16.5 Å². The van der Waals surface area contributed by atoms with Crippen molar-refractivity contribution in [3.63, 3.8) is 0 Å². The molecule has 11 heteroatoms. The van der Waals surface area contributed by atoms with Gasteiger partial charge in [0, 0.05) is 28.2 Å². The van der Waals surface area contributed by atoms with E-state index in [4.69, 9.17) is 16.5 Å². The predicted molar refractivity (Wildman–Crippen MR) is 74.6 cm³/mol. The van der Waals surface area contributed by atoms with Gasteiger partial charge < -0.3 is 26.7 Å². The van der Waals surface area contributed by atoms with Gasteiger partial charge in [0.25, 0.3) is 40.0 Å². The number of hydrogen-bond acceptors (Lipinski definition) is 5. The standard InChI is InChI=1S/C5H13N3.H8O4Si4/c1-6-5(7-2)8(3)4;1-5-2-7-4-8-3-6-1/h1-4H3,(H,6,7);5-8H2. The second-order valence-electron chi connectivity index (χ2n) is 2.98. The Labute approximate surface area is 106 Å². The van der Waals surface area contributed by atoms with Gasteiger partial charge in [0.1, 0.15) is 0 Å². The van der Waals surface area contributed by atoms with Gasteiger partial charge in [0.2, 0.25) is 0 Å². The summed E-state index contributed by atoms with van der Waals surface area (Å²) in [4.78, 5) is 5.85. The van der Waals surface area contributed by atoms with Crippen molar-refractivity contribution in [2.75, 3.05) is 28.2 Å². The molecule has 0 amide bonds. The number of hydrogen-bond donors (Lipinski definition) is 1. The second-order valence-corrected chi connectivity index (χ2v) is 10.5. The van der Waals surface area contributed by atoms with Crippen LogP contribution in [0.2, 0.25) is 0 Å². The minimum atomic E-state index is -0.653. The molecule has 16 heavy (non-hydrogen) atoms. The van der Waals surface area contributed by atoms with E-state index in [1.165, 1.54) is 0 Å². The molecule has 0 aromatic rings. The van der Waals surface area contributed by atoms with Gasteiger partial charge in [0.05, 0.1) is 0 Å². The van der Waals surface area contributed by atoms with Crippen molar-refractivity contribution in [3.05, 3.63) is 0 Å². The van der Waals surface area contributed by atoms with Crippen LogP contribution in [-0.2, 0) is 16.5 Å². The van der Waals surface area contributed by atoms with Gasteiger partial charge in [-0.1, -0.05) is 0 Å². The number of aliphatic imine (C=N–C) groups is 1. The molecule has 0 aromatic heterocycles. The lowest BCUT2D eigenvalue weighted by Crippen LogP contribution is -2.33. The maximum atomic E-state index is 5.10. The van der Waals surface area contributed by atoms with E-state index in [9.17, 15) is 0 Å². The predicted octanol–water partition coefficient (Wildman–Crippen LogP) is -4.19. The maximum absolute atomic E-state index is 5.10. The third-order valence-corrected chi connectivity index (χ3v) is 6.86. The quantitative estimate of drug-likeness (QED) is 0.278. The zero-order valence-electron chi connectivity index (χ0n) is 10.4. The molecule has 0 spiro atoms. The van der Waals surface area contributed by atoms with Gasteiger partial charge in [-0.25, -0.2) is 0 Å². The number of guanidine groups is 1. The average Bonchev–Trinajstić information content (AvgIpc) is 2.18. The van der Waals surface area contributed by atoms with E-state index >= 15 is 0 Å². The Morgan fingerprint density at radius 2 is 1.38 bits per heavy atom. The first-order chi connectivity index (χ1) is 7.72. The molecule has 1 heterocycles. The molecule has 0 atom stereocenters. The molecule has 1 fully saturated rings. The lowest BCUT2D eigenvalue weighted by molar-refractivity contribution is 0.347. The molecular weight excluding hydrogens is 278 g/mol. The van der Waals surface area contributed by atoms with E-state index in [1.807, 2.05) is 26.0 Å². The summed E-state index contributed by atoms with van der Waals surface area (Å²) < 4.78 is 20.4. The molecule has 1 saturated heterocycles. The molecule has 0 saturated carbocycles. The highest BCUT2D eigenvalue weighted by Gasteiger charge is 1.97. The van der Waals surface area contributed by atoms with E-state index in [1.54, 1.807) is 7.05 Å². The van der Waals surface area contributed by atoms with Crippen molar-refractivity contribution >= 4 is 46.0 Å². The van der Waals surface area contributed by atoms with Crippen LogP contribution in [0.15, 0.2) is 4.99 Å². The third kappa shape index (κ3) is 9.22. The smallest absolute Gasteiger partial charge is 0.286 e. The third-order valence-electron chi connectivity index (χ3n) is 1.53. The SMILES string of the molecule is CN=C(NC)N(C)C.O1[SiH2]O[SiH2]O[SiH2]O[SiH2]1. The molecule has 0 aliphatic carbocycles. The highest BCUT2D eigenvalue weighted by Crippen LogP contribution is 1.79. The fourth-order valence-corrected chi connectivity index (χ4v) is 8.12. The van der Waals surface area contributed by atoms with Gasteiger partial charge in [0.15, 0.2) is 5.96 Å². The van der Waals surface area contributed by atoms with Crippen molar-refractivity contribution in [2.24, 2.45) is 4.99 Å². The molecule has 0 unspecified atom stereocenters. The molecule has 0 bridgehead atoms. The van der Waals surface area contributed by atoms with Crippen molar-refractivity contribution in [1.82, 2.24) is 10.2 Å². The van der Waals surface area contributed by atoms with Crippen LogP contribution >= 0.6 is 0 Å². The average molecular weight is 300 g/mol. The molecule has 0 aromatic carbocycles. The lowest BCUT2D eigenvalue weighted by Gasteiger charge is -2.12. The van der Waals surface area contributed by atoms with E-state index in [0.29, 0.717) is 0 Å². The lowest BCUT2D eigenvalue weighted by atomic mass is 10.8. The molecular formula is C5H21N3O4Si4. The van der Waals surface area contributed by atoms with Crippen LogP contribution in [0.1, 0.15) is 0 Å². The van der Waals surface area contributed by atoms with Gasteiger partial charge in [-0.05, 0) is 0 Å². The van der Waals surface area contributed by atoms with Gasteiger partial charge in [-0.15, -0.1) is 0 Å². The first kappa shape index (κ1) is 16.0. The van der Waals surface area contributed by atoms with Crippen molar-refractivity contribution in [1.29, 1.82) is 0 Å². The number of rotatable bonds is 0. The monoisotopic (exact) mass is 299 g/mol. The molecule has 1 rings (SSSR count). The Hall–Kier alpha value is -0.0225. The largest absolute Gasteiger partial charge is 0.425 e. The van der Waals surface area contributed by atoms with Crippen LogP contribution < -0.4 is 5.32 Å². The number of nitrogens with one attached hydrogen (secondary N) is 1. The molecule has 1 aliphatic rings. The van der Waals surface area contributed by atoms with Crippen LogP contribution in [0.5, 0.6) is 0 Å². The Kier molecular flexibility index (Phi) is 11.4.